The van der Waals surface area contributed by atoms with Crippen molar-refractivity contribution < 1.29 is 23.1 Å². The zero-order valence-corrected chi connectivity index (χ0v) is 12.3. The Morgan fingerprint density at radius 1 is 1.32 bits per heavy atom. The van der Waals surface area contributed by atoms with Gasteiger partial charge in [0.25, 0.3) is 0 Å². The summed E-state index contributed by atoms with van der Waals surface area (Å²) >= 11 is 1.40. The van der Waals surface area contributed by atoms with Gasteiger partial charge in [-0.05, 0) is 29.3 Å². The number of hydrogen-bond donors (Lipinski definition) is 3. The number of rotatable bonds is 4. The molecule has 4 nitrogen and oxygen atoms in total. The number of urea groups is 1. The van der Waals surface area contributed by atoms with Gasteiger partial charge in [0.1, 0.15) is 5.60 Å². The summed E-state index contributed by atoms with van der Waals surface area (Å²) in [6.07, 6.45) is 0. The molecule has 1 aromatic heterocycles. The van der Waals surface area contributed by atoms with E-state index < -0.39 is 29.1 Å². The first kappa shape index (κ1) is 16.3. The van der Waals surface area contributed by atoms with E-state index in [1.807, 2.05) is 0 Å². The highest BCUT2D eigenvalue weighted by Gasteiger charge is 2.24. The second-order valence-corrected chi connectivity index (χ2v) is 5.63. The number of benzene rings is 1. The summed E-state index contributed by atoms with van der Waals surface area (Å²) in [5, 5.41) is 18.3. The number of thiophene rings is 1. The Labute approximate surface area is 128 Å². The third-order valence-corrected chi connectivity index (χ3v) is 3.66. The fourth-order valence-corrected chi connectivity index (χ4v) is 2.51. The highest BCUT2D eigenvalue weighted by Crippen LogP contribution is 2.22. The molecule has 0 saturated heterocycles. The first-order chi connectivity index (χ1) is 10.3. The van der Waals surface area contributed by atoms with Crippen LogP contribution in [0.2, 0.25) is 0 Å². The smallest absolute Gasteiger partial charge is 0.319 e. The maximum atomic E-state index is 13.0. The van der Waals surface area contributed by atoms with E-state index in [2.05, 4.69) is 10.6 Å². The van der Waals surface area contributed by atoms with Crippen molar-refractivity contribution in [2.45, 2.75) is 12.5 Å². The van der Waals surface area contributed by atoms with E-state index in [0.29, 0.717) is 17.7 Å². The zero-order chi connectivity index (χ0) is 16.3. The average Bonchev–Trinajstić information content (AvgIpc) is 2.97. The maximum absolute atomic E-state index is 13.0. The number of anilines is 1. The number of carbonyl (C=O) groups is 1. The summed E-state index contributed by atoms with van der Waals surface area (Å²) in [5.74, 6) is -4.41. The number of hydrogen-bond acceptors (Lipinski definition) is 3. The van der Waals surface area contributed by atoms with Gasteiger partial charge in [-0.3, -0.25) is 0 Å². The van der Waals surface area contributed by atoms with Crippen LogP contribution in [-0.2, 0) is 5.60 Å². The van der Waals surface area contributed by atoms with Gasteiger partial charge < -0.3 is 15.7 Å². The van der Waals surface area contributed by atoms with Gasteiger partial charge in [-0.25, -0.2) is 18.0 Å². The van der Waals surface area contributed by atoms with Gasteiger partial charge in [0, 0.05) is 17.8 Å². The summed E-state index contributed by atoms with van der Waals surface area (Å²) in [5.41, 5.74) is -0.878. The van der Waals surface area contributed by atoms with Crippen LogP contribution in [0.15, 0.2) is 29.0 Å². The van der Waals surface area contributed by atoms with Crippen LogP contribution in [0.5, 0.6) is 0 Å². The lowest BCUT2D eigenvalue weighted by Crippen LogP contribution is -2.40. The van der Waals surface area contributed by atoms with E-state index in [1.54, 1.807) is 16.8 Å². The fourth-order valence-electron chi connectivity index (χ4n) is 1.73. The van der Waals surface area contributed by atoms with Crippen molar-refractivity contribution in [2.75, 3.05) is 11.9 Å². The van der Waals surface area contributed by atoms with Gasteiger partial charge in [-0.15, -0.1) is 0 Å². The molecule has 8 heteroatoms. The molecule has 2 aromatic rings. The SMILES string of the molecule is CC(O)(CNC(=O)Nc1cc(F)c(F)c(F)c1)c1ccsc1. The third kappa shape index (κ3) is 3.77. The Hall–Kier alpha value is -2.06. The quantitative estimate of drug-likeness (QED) is 0.754. The van der Waals surface area contributed by atoms with Gasteiger partial charge in [-0.1, -0.05) is 0 Å². The maximum Gasteiger partial charge on any atom is 0.319 e. The molecule has 1 aromatic carbocycles. The Bertz CT molecular complexity index is 652. The van der Waals surface area contributed by atoms with Crippen LogP contribution in [0.1, 0.15) is 12.5 Å². The molecule has 22 heavy (non-hydrogen) atoms. The van der Waals surface area contributed by atoms with E-state index in [0.717, 1.165) is 0 Å². The molecule has 0 radical (unpaired) electrons. The molecule has 1 heterocycles. The van der Waals surface area contributed by atoms with E-state index in [1.165, 1.54) is 18.3 Å². The standard InChI is InChI=1S/C14H13F3N2O2S/c1-14(21,8-2-3-22-6-8)7-18-13(20)19-9-4-10(15)12(17)11(16)5-9/h2-6,21H,7H2,1H3,(H2,18,19,20). The molecule has 118 valence electrons. The topological polar surface area (TPSA) is 61.4 Å². The number of nitrogens with one attached hydrogen (secondary N) is 2. The zero-order valence-electron chi connectivity index (χ0n) is 11.5. The Morgan fingerprint density at radius 2 is 1.95 bits per heavy atom. The molecule has 2 amide bonds. The van der Waals surface area contributed by atoms with Crippen molar-refractivity contribution in [3.63, 3.8) is 0 Å². The molecule has 1 unspecified atom stereocenters. The van der Waals surface area contributed by atoms with Crippen molar-refractivity contribution in [2.24, 2.45) is 0 Å². The van der Waals surface area contributed by atoms with Crippen LogP contribution >= 0.6 is 11.3 Å². The van der Waals surface area contributed by atoms with Gasteiger partial charge in [-0.2, -0.15) is 11.3 Å². The second kappa shape index (κ2) is 6.37. The van der Waals surface area contributed by atoms with Crippen molar-refractivity contribution in [1.82, 2.24) is 5.32 Å². The van der Waals surface area contributed by atoms with E-state index >= 15 is 0 Å². The molecule has 0 aliphatic heterocycles. The van der Waals surface area contributed by atoms with Crippen LogP contribution in [0.4, 0.5) is 23.7 Å². The number of halogens is 3. The molecule has 1 atom stereocenters. The minimum absolute atomic E-state index is 0.109. The number of amides is 2. The van der Waals surface area contributed by atoms with Crippen LogP contribution in [-0.4, -0.2) is 17.7 Å². The molecule has 3 N–H and O–H groups in total. The molecule has 0 aliphatic carbocycles. The summed E-state index contributed by atoms with van der Waals surface area (Å²) in [6, 6.07) is 2.26. The largest absolute Gasteiger partial charge is 0.384 e. The lowest BCUT2D eigenvalue weighted by molar-refractivity contribution is 0.0604. The van der Waals surface area contributed by atoms with Gasteiger partial charge >= 0.3 is 6.03 Å². The van der Waals surface area contributed by atoms with Crippen molar-refractivity contribution in [3.8, 4) is 0 Å². The van der Waals surface area contributed by atoms with Gasteiger partial charge in [0.2, 0.25) is 0 Å². The highest BCUT2D eigenvalue weighted by atomic mass is 32.1. The molecule has 0 saturated carbocycles. The predicted molar refractivity (Wildman–Crippen MR) is 77.2 cm³/mol. The molecule has 0 bridgehead atoms. The average molecular weight is 330 g/mol. The first-order valence-corrected chi connectivity index (χ1v) is 7.18. The molecule has 2 rings (SSSR count). The second-order valence-electron chi connectivity index (χ2n) is 4.85. The summed E-state index contributed by atoms with van der Waals surface area (Å²) in [6.45, 7) is 1.41. The van der Waals surface area contributed by atoms with Crippen LogP contribution in [0.25, 0.3) is 0 Å². The van der Waals surface area contributed by atoms with E-state index in [9.17, 15) is 23.1 Å². The van der Waals surface area contributed by atoms with Crippen LogP contribution in [0, 0.1) is 17.5 Å². The Morgan fingerprint density at radius 3 is 2.50 bits per heavy atom. The molecule has 0 spiro atoms. The van der Waals surface area contributed by atoms with E-state index in [4.69, 9.17) is 0 Å². The lowest BCUT2D eigenvalue weighted by Gasteiger charge is -2.22. The summed E-state index contributed by atoms with van der Waals surface area (Å²) in [4.78, 5) is 11.7. The number of carbonyl (C=O) groups excluding carboxylic acids is 1. The third-order valence-electron chi connectivity index (χ3n) is 2.98. The van der Waals surface area contributed by atoms with Crippen LogP contribution < -0.4 is 10.6 Å². The monoisotopic (exact) mass is 330 g/mol. The first-order valence-electron chi connectivity index (χ1n) is 6.24. The lowest BCUT2D eigenvalue weighted by atomic mass is 9.99. The van der Waals surface area contributed by atoms with Crippen molar-refractivity contribution >= 4 is 23.1 Å². The summed E-state index contributed by atoms with van der Waals surface area (Å²) < 4.78 is 38.9. The molecular weight excluding hydrogens is 317 g/mol. The van der Waals surface area contributed by atoms with Gasteiger partial charge in [0.05, 0.1) is 6.54 Å². The Balaban J connectivity index is 1.96. The predicted octanol–water partition coefficient (Wildman–Crippen LogP) is 3.19. The minimum atomic E-state index is -1.61. The summed E-state index contributed by atoms with van der Waals surface area (Å²) in [7, 11) is 0. The normalized spacial score (nSPS) is 13.5. The van der Waals surface area contributed by atoms with Crippen molar-refractivity contribution in [1.29, 1.82) is 0 Å². The molecular formula is C14H13F3N2O2S. The molecule has 0 aliphatic rings. The van der Waals surface area contributed by atoms with E-state index in [-0.39, 0.29) is 12.2 Å². The van der Waals surface area contributed by atoms with Crippen molar-refractivity contribution in [3.05, 3.63) is 52.0 Å². The number of aliphatic hydroxyl groups is 1. The highest BCUT2D eigenvalue weighted by molar-refractivity contribution is 7.08. The molecule has 0 fully saturated rings. The van der Waals surface area contributed by atoms with Crippen LogP contribution in [0.3, 0.4) is 0 Å². The van der Waals surface area contributed by atoms with Gasteiger partial charge in [0.15, 0.2) is 17.5 Å². The Kier molecular flexibility index (Phi) is 4.72. The minimum Gasteiger partial charge on any atom is -0.384 e. The fraction of sp³-hybridized carbons (Fsp3) is 0.214.